The first kappa shape index (κ1) is 17.6. The summed E-state index contributed by atoms with van der Waals surface area (Å²) in [5.74, 6) is 0.421. The smallest absolute Gasteiger partial charge is 0.278 e. The molecule has 28 heavy (non-hydrogen) atoms. The molecule has 1 aromatic carbocycles. The summed E-state index contributed by atoms with van der Waals surface area (Å²) < 4.78 is 25.6. The van der Waals surface area contributed by atoms with Gasteiger partial charge in [0.25, 0.3) is 5.91 Å². The van der Waals surface area contributed by atoms with Crippen LogP contribution in [0.15, 0.2) is 30.3 Å². The van der Waals surface area contributed by atoms with Gasteiger partial charge in [-0.15, -0.1) is 0 Å². The van der Waals surface area contributed by atoms with Crippen molar-refractivity contribution < 1.29 is 18.0 Å². The Morgan fingerprint density at radius 3 is 2.64 bits per heavy atom. The Hall–Kier alpha value is -2.48. The van der Waals surface area contributed by atoms with E-state index < -0.39 is 9.84 Å². The topological polar surface area (TPSA) is 89.3 Å². The van der Waals surface area contributed by atoms with E-state index in [4.69, 9.17) is 0 Å². The van der Waals surface area contributed by atoms with E-state index in [9.17, 15) is 18.0 Å². The van der Waals surface area contributed by atoms with Crippen LogP contribution in [-0.4, -0.2) is 47.9 Å². The Morgan fingerprint density at radius 2 is 1.93 bits per heavy atom. The largest absolute Gasteiger partial charge is 0.306 e. The molecule has 7 nitrogen and oxygen atoms in total. The fourth-order valence-electron chi connectivity index (χ4n) is 4.22. The molecule has 3 aliphatic rings. The third kappa shape index (κ3) is 2.96. The van der Waals surface area contributed by atoms with Crippen molar-refractivity contribution in [2.24, 2.45) is 0 Å². The normalized spacial score (nSPS) is 23.6. The molecule has 146 valence electrons. The zero-order valence-corrected chi connectivity index (χ0v) is 16.2. The Bertz CT molecular complexity index is 1080. The van der Waals surface area contributed by atoms with Gasteiger partial charge in [-0.1, -0.05) is 12.1 Å². The average Bonchev–Trinajstić information content (AvgIpc) is 3.32. The van der Waals surface area contributed by atoms with E-state index in [0.29, 0.717) is 42.2 Å². The SMILES string of the molecule is O=C1CCN(C(=O)c2cc(C3CC3)n(C3CCS(=O)(=O)C3)n2)c2ccccc21. The molecule has 1 amide bonds. The van der Waals surface area contributed by atoms with Gasteiger partial charge in [0.2, 0.25) is 0 Å². The lowest BCUT2D eigenvalue weighted by Crippen LogP contribution is -2.37. The Balaban J connectivity index is 1.50. The molecule has 0 bridgehead atoms. The molecule has 1 aromatic heterocycles. The van der Waals surface area contributed by atoms with E-state index in [2.05, 4.69) is 5.10 Å². The van der Waals surface area contributed by atoms with Crippen LogP contribution in [0.1, 0.15) is 64.2 Å². The lowest BCUT2D eigenvalue weighted by Gasteiger charge is -2.28. The zero-order chi connectivity index (χ0) is 19.5. The van der Waals surface area contributed by atoms with E-state index in [1.165, 1.54) is 0 Å². The molecule has 1 saturated carbocycles. The van der Waals surface area contributed by atoms with Crippen LogP contribution in [0.5, 0.6) is 0 Å². The van der Waals surface area contributed by atoms with Crippen molar-refractivity contribution in [1.29, 1.82) is 0 Å². The van der Waals surface area contributed by atoms with Crippen molar-refractivity contribution in [2.45, 2.75) is 37.6 Å². The van der Waals surface area contributed by atoms with Crippen LogP contribution < -0.4 is 4.90 Å². The predicted molar refractivity (Wildman–Crippen MR) is 104 cm³/mol. The van der Waals surface area contributed by atoms with Crippen molar-refractivity contribution in [3.63, 3.8) is 0 Å². The first-order valence-electron chi connectivity index (χ1n) is 9.67. The van der Waals surface area contributed by atoms with Crippen molar-refractivity contribution >= 4 is 27.2 Å². The highest BCUT2D eigenvalue weighted by molar-refractivity contribution is 7.91. The van der Waals surface area contributed by atoms with Gasteiger partial charge in [0, 0.05) is 30.1 Å². The Kier molecular flexibility index (Phi) is 3.94. The number of ketones is 1. The van der Waals surface area contributed by atoms with E-state index in [1.54, 1.807) is 27.8 Å². The van der Waals surface area contributed by atoms with E-state index in [1.807, 2.05) is 12.1 Å². The minimum absolute atomic E-state index is 0.0417. The van der Waals surface area contributed by atoms with Crippen LogP contribution in [0.4, 0.5) is 5.69 Å². The summed E-state index contributed by atoms with van der Waals surface area (Å²) in [7, 11) is -3.04. The molecule has 1 unspecified atom stereocenters. The van der Waals surface area contributed by atoms with Crippen LogP contribution >= 0.6 is 0 Å². The van der Waals surface area contributed by atoms with Gasteiger partial charge in [0.05, 0.1) is 23.2 Å². The molecule has 2 fully saturated rings. The van der Waals surface area contributed by atoms with Crippen molar-refractivity contribution in [3.05, 3.63) is 47.3 Å². The van der Waals surface area contributed by atoms with Gasteiger partial charge in [-0.3, -0.25) is 14.3 Å². The number of fused-ring (bicyclic) bond motifs is 1. The van der Waals surface area contributed by atoms with Crippen LogP contribution in [0.25, 0.3) is 0 Å². The summed E-state index contributed by atoms with van der Waals surface area (Å²) in [6.45, 7) is 0.331. The number of amides is 1. The highest BCUT2D eigenvalue weighted by Crippen LogP contribution is 2.42. The second-order valence-electron chi connectivity index (χ2n) is 7.88. The highest BCUT2D eigenvalue weighted by atomic mass is 32.2. The van der Waals surface area contributed by atoms with Crippen molar-refractivity contribution in [3.8, 4) is 0 Å². The lowest BCUT2D eigenvalue weighted by atomic mass is 10.00. The maximum atomic E-state index is 13.2. The predicted octanol–water partition coefficient (Wildman–Crippen LogP) is 2.35. The molecule has 3 heterocycles. The van der Waals surface area contributed by atoms with E-state index in [0.717, 1.165) is 18.5 Å². The third-order valence-corrected chi connectivity index (χ3v) is 7.59. The fourth-order valence-corrected chi connectivity index (χ4v) is 5.91. The number of anilines is 1. The number of sulfone groups is 1. The summed E-state index contributed by atoms with van der Waals surface area (Å²) in [6.07, 6.45) is 2.91. The van der Waals surface area contributed by atoms with Crippen LogP contribution in [0.2, 0.25) is 0 Å². The van der Waals surface area contributed by atoms with Gasteiger partial charge in [0.15, 0.2) is 21.3 Å². The minimum Gasteiger partial charge on any atom is -0.306 e. The zero-order valence-electron chi connectivity index (χ0n) is 15.4. The van der Waals surface area contributed by atoms with Gasteiger partial charge in [-0.25, -0.2) is 8.42 Å². The average molecular weight is 399 g/mol. The van der Waals surface area contributed by atoms with E-state index in [-0.39, 0.29) is 29.2 Å². The number of hydrogen-bond donors (Lipinski definition) is 0. The second-order valence-corrected chi connectivity index (χ2v) is 10.1. The Labute approximate surface area is 163 Å². The highest BCUT2D eigenvalue weighted by Gasteiger charge is 2.37. The number of Topliss-reactive ketones (excluding diaryl/α,β-unsaturated/α-hetero) is 1. The molecule has 5 rings (SSSR count). The standard InChI is InChI=1S/C20H21N3O4S/c24-19-7-9-22(17-4-2-1-3-15(17)19)20(25)16-11-18(13-5-6-13)23(21-16)14-8-10-28(26,27)12-14/h1-4,11,13-14H,5-10,12H2. The van der Waals surface area contributed by atoms with Crippen LogP contribution in [-0.2, 0) is 9.84 Å². The molecular weight excluding hydrogens is 378 g/mol. The third-order valence-electron chi connectivity index (χ3n) is 5.84. The number of carbonyl (C=O) groups excluding carboxylic acids is 2. The van der Waals surface area contributed by atoms with E-state index >= 15 is 0 Å². The summed E-state index contributed by atoms with van der Waals surface area (Å²) in [5.41, 5.74) is 2.47. The first-order chi connectivity index (χ1) is 13.4. The minimum atomic E-state index is -3.04. The summed E-state index contributed by atoms with van der Waals surface area (Å²) in [4.78, 5) is 27.0. The van der Waals surface area contributed by atoms with Crippen molar-refractivity contribution in [2.75, 3.05) is 23.0 Å². The molecule has 2 aromatic rings. The molecule has 0 radical (unpaired) electrons. The number of para-hydroxylation sites is 1. The quantitative estimate of drug-likeness (QED) is 0.790. The van der Waals surface area contributed by atoms with Gasteiger partial charge < -0.3 is 4.90 Å². The number of benzene rings is 1. The molecule has 0 N–H and O–H groups in total. The maximum absolute atomic E-state index is 13.2. The maximum Gasteiger partial charge on any atom is 0.278 e. The van der Waals surface area contributed by atoms with Crippen molar-refractivity contribution in [1.82, 2.24) is 9.78 Å². The summed E-state index contributed by atoms with van der Waals surface area (Å²) in [5, 5.41) is 4.56. The summed E-state index contributed by atoms with van der Waals surface area (Å²) in [6, 6.07) is 8.77. The molecule has 0 spiro atoms. The fraction of sp³-hybridized carbons (Fsp3) is 0.450. The van der Waals surface area contributed by atoms with Crippen LogP contribution in [0, 0.1) is 0 Å². The molecule has 1 atom stereocenters. The van der Waals surface area contributed by atoms with Gasteiger partial charge >= 0.3 is 0 Å². The number of rotatable bonds is 3. The number of nitrogens with zero attached hydrogens (tertiary/aromatic N) is 3. The van der Waals surface area contributed by atoms with Gasteiger partial charge in [-0.05, 0) is 37.5 Å². The monoisotopic (exact) mass is 399 g/mol. The second kappa shape index (κ2) is 6.27. The molecule has 2 aliphatic heterocycles. The number of hydrogen-bond acceptors (Lipinski definition) is 5. The first-order valence-corrected chi connectivity index (χ1v) is 11.5. The number of carbonyl (C=O) groups is 2. The molecular formula is C20H21N3O4S. The Morgan fingerprint density at radius 1 is 1.14 bits per heavy atom. The summed E-state index contributed by atoms with van der Waals surface area (Å²) >= 11 is 0. The van der Waals surface area contributed by atoms with Gasteiger partial charge in [-0.2, -0.15) is 5.10 Å². The van der Waals surface area contributed by atoms with Crippen LogP contribution in [0.3, 0.4) is 0 Å². The molecule has 1 saturated heterocycles. The molecule has 1 aliphatic carbocycles. The molecule has 8 heteroatoms. The van der Waals surface area contributed by atoms with Gasteiger partial charge in [0.1, 0.15) is 0 Å². The lowest BCUT2D eigenvalue weighted by molar-refractivity contribution is 0.0952. The number of aromatic nitrogens is 2.